The van der Waals surface area contributed by atoms with Gasteiger partial charge in [0.2, 0.25) is 0 Å². The maximum Gasteiger partial charge on any atom is 0.337 e. The minimum Gasteiger partial charge on any atom is -0.326 e. The minimum atomic E-state index is -0.217. The average Bonchev–Trinajstić information content (AvgIpc) is 2.83. The third kappa shape index (κ3) is 3.00. The summed E-state index contributed by atoms with van der Waals surface area (Å²) in [5, 5.41) is 2.87. The number of hydrogen-bond acceptors (Lipinski definition) is 2. The zero-order valence-corrected chi connectivity index (χ0v) is 15.1. The van der Waals surface area contributed by atoms with E-state index in [2.05, 4.69) is 30.0 Å². The van der Waals surface area contributed by atoms with Gasteiger partial charge in [0.15, 0.2) is 0 Å². The van der Waals surface area contributed by atoms with Crippen molar-refractivity contribution >= 4 is 11.7 Å². The Morgan fingerprint density at radius 3 is 2.32 bits per heavy atom. The maximum absolute atomic E-state index is 12.3. The summed E-state index contributed by atoms with van der Waals surface area (Å²) >= 11 is 0. The number of urea groups is 1. The van der Waals surface area contributed by atoms with Crippen LogP contribution >= 0.6 is 0 Å². The number of hydrogen-bond donors (Lipinski definition) is 5. The van der Waals surface area contributed by atoms with Crippen LogP contribution in [0.5, 0.6) is 0 Å². The Hall–Kier alpha value is -2.05. The van der Waals surface area contributed by atoms with Gasteiger partial charge in [-0.2, -0.15) is 0 Å². The minimum absolute atomic E-state index is 0.146. The lowest BCUT2D eigenvalue weighted by atomic mass is 9.69. The van der Waals surface area contributed by atoms with Gasteiger partial charge in [-0.3, -0.25) is 10.9 Å². The first-order valence-electron chi connectivity index (χ1n) is 9.34. The van der Waals surface area contributed by atoms with Crippen LogP contribution in [0.4, 0.5) is 10.5 Å². The van der Waals surface area contributed by atoms with E-state index in [0.717, 1.165) is 18.8 Å². The number of rotatable bonds is 4. The van der Waals surface area contributed by atoms with Gasteiger partial charge in [0, 0.05) is 5.69 Å². The molecule has 0 saturated carbocycles. The lowest BCUT2D eigenvalue weighted by Gasteiger charge is -2.46. The fourth-order valence-corrected chi connectivity index (χ4v) is 4.87. The fourth-order valence-electron chi connectivity index (χ4n) is 4.87. The van der Waals surface area contributed by atoms with Gasteiger partial charge >= 0.3 is 6.03 Å². The van der Waals surface area contributed by atoms with Crippen LogP contribution in [-0.4, -0.2) is 45.3 Å². The Morgan fingerprint density at radius 1 is 1.08 bits per heavy atom. The van der Waals surface area contributed by atoms with Crippen molar-refractivity contribution < 1.29 is 14.6 Å². The summed E-state index contributed by atoms with van der Waals surface area (Å²) in [6, 6.07) is 9.32. The number of hydrazine groups is 1. The second kappa shape index (κ2) is 6.35. The molecule has 2 saturated heterocycles. The Kier molecular flexibility index (Phi) is 4.17. The molecule has 134 valence electrons. The molecule has 2 unspecified atom stereocenters. The predicted molar refractivity (Wildman–Crippen MR) is 97.2 cm³/mol. The quantitative estimate of drug-likeness (QED) is 0.457. The molecule has 1 aromatic rings. The number of benzene rings is 1. The molecule has 5 rings (SSSR count). The van der Waals surface area contributed by atoms with Gasteiger partial charge in [0.05, 0.1) is 24.4 Å². The Morgan fingerprint density at radius 2 is 1.72 bits per heavy atom. The second-order valence-corrected chi connectivity index (χ2v) is 8.07. The molecule has 5 N–H and O–H groups in total. The number of quaternary nitrogens is 2. The molecule has 6 heteroatoms. The van der Waals surface area contributed by atoms with Crippen molar-refractivity contribution in [3.63, 3.8) is 0 Å². The average molecular weight is 343 g/mol. The molecule has 1 aromatic carbocycles. The molecule has 4 heterocycles. The second-order valence-electron chi connectivity index (χ2n) is 8.07. The van der Waals surface area contributed by atoms with E-state index in [1.807, 2.05) is 30.3 Å². The van der Waals surface area contributed by atoms with Crippen LogP contribution in [0.15, 0.2) is 41.6 Å². The number of fused-ring (bicyclic) bond motifs is 1. The van der Waals surface area contributed by atoms with Crippen LogP contribution in [0.2, 0.25) is 0 Å². The third-order valence-electron chi connectivity index (χ3n) is 6.18. The lowest BCUT2D eigenvalue weighted by molar-refractivity contribution is -0.918. The lowest BCUT2D eigenvalue weighted by Crippen LogP contribution is -3.14. The first-order valence-corrected chi connectivity index (χ1v) is 9.34. The molecule has 6 nitrogen and oxygen atoms in total. The molecule has 4 bridgehead atoms. The van der Waals surface area contributed by atoms with Crippen LogP contribution in [0.1, 0.15) is 13.8 Å². The monoisotopic (exact) mass is 343 g/mol. The SMILES string of the molecule is CC(C)C12C[NH+]3CC[NH+](CC(=C1NNC(=O)Nc1ccccc1)C3)C2. The van der Waals surface area contributed by atoms with E-state index in [1.54, 1.807) is 9.80 Å². The van der Waals surface area contributed by atoms with E-state index in [9.17, 15) is 4.79 Å². The highest BCUT2D eigenvalue weighted by Crippen LogP contribution is 2.37. The summed E-state index contributed by atoms with van der Waals surface area (Å²) in [5.74, 6) is 0.549. The zero-order chi connectivity index (χ0) is 17.4. The molecule has 25 heavy (non-hydrogen) atoms. The van der Waals surface area contributed by atoms with Crippen molar-refractivity contribution in [3.05, 3.63) is 41.6 Å². The van der Waals surface area contributed by atoms with Crippen molar-refractivity contribution in [1.29, 1.82) is 0 Å². The Balaban J connectivity index is 1.51. The van der Waals surface area contributed by atoms with Gasteiger partial charge in [-0.05, 0) is 18.1 Å². The highest BCUT2D eigenvalue weighted by molar-refractivity contribution is 5.88. The van der Waals surface area contributed by atoms with E-state index in [-0.39, 0.29) is 11.4 Å². The van der Waals surface area contributed by atoms with Crippen LogP contribution in [0.25, 0.3) is 0 Å². The van der Waals surface area contributed by atoms with Gasteiger partial charge in [0.1, 0.15) is 31.6 Å². The van der Waals surface area contributed by atoms with E-state index < -0.39 is 0 Å². The molecule has 0 aliphatic carbocycles. The molecule has 0 spiro atoms. The van der Waals surface area contributed by atoms with Gasteiger partial charge in [-0.25, -0.2) is 4.79 Å². The van der Waals surface area contributed by atoms with Gasteiger partial charge < -0.3 is 15.1 Å². The number of carbonyl (C=O) groups excluding carboxylic acids is 1. The fraction of sp³-hybridized carbons (Fsp3) is 0.526. The van der Waals surface area contributed by atoms with E-state index in [1.165, 1.54) is 37.4 Å². The summed E-state index contributed by atoms with van der Waals surface area (Å²) < 4.78 is 0. The standard InChI is InChI=1S/C19H27N5O/c1-14(2)19-12-23-8-9-24(13-19)11-15(10-23)17(19)21-22-18(25)20-16-6-4-3-5-7-16/h3-7,14,21H,8-13H2,1-2H3,(H2,20,22,25)/p+2. The predicted octanol–water partition coefficient (Wildman–Crippen LogP) is -0.980. The maximum atomic E-state index is 12.3. The Labute approximate surface area is 149 Å². The molecule has 4 aliphatic heterocycles. The third-order valence-corrected chi connectivity index (χ3v) is 6.18. The van der Waals surface area contributed by atoms with Gasteiger partial charge in [0.25, 0.3) is 0 Å². The first kappa shape index (κ1) is 16.4. The van der Waals surface area contributed by atoms with E-state index in [4.69, 9.17) is 0 Å². The molecule has 0 aromatic heterocycles. The molecule has 2 atom stereocenters. The summed E-state index contributed by atoms with van der Waals surface area (Å²) in [4.78, 5) is 15.7. The van der Waals surface area contributed by atoms with Crippen molar-refractivity contribution in [2.75, 3.05) is 44.6 Å². The van der Waals surface area contributed by atoms with Crippen molar-refractivity contribution in [3.8, 4) is 0 Å². The normalized spacial score (nSPS) is 30.4. The zero-order valence-electron chi connectivity index (χ0n) is 15.1. The molecule has 2 fully saturated rings. The van der Waals surface area contributed by atoms with Crippen LogP contribution in [0.3, 0.4) is 0 Å². The molecular weight excluding hydrogens is 314 g/mol. The van der Waals surface area contributed by atoms with Crippen molar-refractivity contribution in [1.82, 2.24) is 10.9 Å². The van der Waals surface area contributed by atoms with E-state index >= 15 is 0 Å². The van der Waals surface area contributed by atoms with Gasteiger partial charge in [-0.15, -0.1) is 0 Å². The number of nitrogens with one attached hydrogen (secondary N) is 5. The van der Waals surface area contributed by atoms with Crippen LogP contribution < -0.4 is 26.0 Å². The van der Waals surface area contributed by atoms with E-state index in [0.29, 0.717) is 5.92 Å². The summed E-state index contributed by atoms with van der Waals surface area (Å²) in [7, 11) is 0. The highest BCUT2D eigenvalue weighted by Gasteiger charge is 2.55. The summed E-state index contributed by atoms with van der Waals surface area (Å²) in [6.45, 7) is 11.7. The number of carbonyl (C=O) groups is 1. The molecule has 4 aliphatic rings. The number of para-hydroxylation sites is 1. The van der Waals surface area contributed by atoms with Crippen molar-refractivity contribution in [2.45, 2.75) is 13.8 Å². The molecule has 0 radical (unpaired) electrons. The summed E-state index contributed by atoms with van der Waals surface area (Å²) in [6.07, 6.45) is 0. The molecule has 2 amide bonds. The van der Waals surface area contributed by atoms with Crippen LogP contribution in [0, 0.1) is 11.3 Å². The highest BCUT2D eigenvalue weighted by atomic mass is 16.2. The largest absolute Gasteiger partial charge is 0.337 e. The number of amides is 2. The Bertz CT molecular complexity index is 666. The molecular formula is C19H29N5O+2. The smallest absolute Gasteiger partial charge is 0.326 e. The summed E-state index contributed by atoms with van der Waals surface area (Å²) in [5.41, 5.74) is 9.92. The topological polar surface area (TPSA) is 62.0 Å². The van der Waals surface area contributed by atoms with Gasteiger partial charge in [-0.1, -0.05) is 32.0 Å². The van der Waals surface area contributed by atoms with Crippen LogP contribution in [-0.2, 0) is 0 Å². The van der Waals surface area contributed by atoms with Crippen molar-refractivity contribution in [2.24, 2.45) is 11.3 Å². The first-order chi connectivity index (χ1) is 12.1. The number of anilines is 1.